The Balaban J connectivity index is 1.89. The van der Waals surface area contributed by atoms with E-state index in [2.05, 4.69) is 22.4 Å². The summed E-state index contributed by atoms with van der Waals surface area (Å²) in [5.41, 5.74) is 3.50. The molecule has 1 fully saturated rings. The second-order valence-corrected chi connectivity index (χ2v) is 5.94. The van der Waals surface area contributed by atoms with Gasteiger partial charge in [-0.1, -0.05) is 23.7 Å². The molecule has 17 heavy (non-hydrogen) atoms. The van der Waals surface area contributed by atoms with Gasteiger partial charge in [0.05, 0.1) is 5.51 Å². The summed E-state index contributed by atoms with van der Waals surface area (Å²) in [4.78, 5) is 5.50. The molecule has 3 rings (SSSR count). The van der Waals surface area contributed by atoms with Crippen LogP contribution in [0.25, 0.3) is 0 Å². The summed E-state index contributed by atoms with van der Waals surface area (Å²) in [6.07, 6.45) is 3.03. The Labute approximate surface area is 110 Å². The number of hydrogen-bond acceptors (Lipinski definition) is 3. The third kappa shape index (κ3) is 2.10. The maximum absolute atomic E-state index is 5.94. The highest BCUT2D eigenvalue weighted by molar-refractivity contribution is 7.09. The van der Waals surface area contributed by atoms with Crippen LogP contribution in [0.3, 0.4) is 0 Å². The van der Waals surface area contributed by atoms with Crippen LogP contribution in [0.1, 0.15) is 10.4 Å². The number of halogens is 1. The van der Waals surface area contributed by atoms with E-state index in [0.717, 1.165) is 24.5 Å². The van der Waals surface area contributed by atoms with Gasteiger partial charge in [0.1, 0.15) is 0 Å². The van der Waals surface area contributed by atoms with Crippen LogP contribution in [0.2, 0.25) is 5.02 Å². The number of aromatic nitrogens is 1. The average Bonchev–Trinajstić information content (AvgIpc) is 2.77. The van der Waals surface area contributed by atoms with Gasteiger partial charge in [0, 0.05) is 34.6 Å². The quantitative estimate of drug-likeness (QED) is 0.922. The number of nitrogens with zero attached hydrogens (tertiary/aromatic N) is 1. The van der Waals surface area contributed by atoms with Crippen LogP contribution in [-0.2, 0) is 11.8 Å². The molecule has 0 atom stereocenters. The van der Waals surface area contributed by atoms with Crippen LogP contribution in [0.4, 0.5) is 0 Å². The Bertz CT molecular complexity index is 489. The van der Waals surface area contributed by atoms with E-state index < -0.39 is 0 Å². The molecule has 88 valence electrons. The summed E-state index contributed by atoms with van der Waals surface area (Å²) >= 11 is 7.67. The third-order valence-corrected chi connectivity index (χ3v) is 4.41. The fourth-order valence-corrected chi connectivity index (χ4v) is 3.19. The van der Waals surface area contributed by atoms with Crippen molar-refractivity contribution in [3.8, 4) is 0 Å². The lowest BCUT2D eigenvalue weighted by atomic mass is 9.72. The van der Waals surface area contributed by atoms with Crippen molar-refractivity contribution in [2.45, 2.75) is 11.8 Å². The maximum Gasteiger partial charge on any atom is 0.0794 e. The molecule has 2 aromatic rings. The van der Waals surface area contributed by atoms with Gasteiger partial charge in [0.25, 0.3) is 0 Å². The van der Waals surface area contributed by atoms with E-state index >= 15 is 0 Å². The monoisotopic (exact) mass is 264 g/mol. The number of rotatable bonds is 3. The predicted molar refractivity (Wildman–Crippen MR) is 71.8 cm³/mol. The largest absolute Gasteiger partial charge is 0.315 e. The van der Waals surface area contributed by atoms with Crippen molar-refractivity contribution < 1.29 is 0 Å². The highest BCUT2D eigenvalue weighted by atomic mass is 35.5. The Morgan fingerprint density at radius 2 is 2.06 bits per heavy atom. The summed E-state index contributed by atoms with van der Waals surface area (Å²) in [5.74, 6) is 0. The van der Waals surface area contributed by atoms with Crippen LogP contribution in [0, 0.1) is 0 Å². The van der Waals surface area contributed by atoms with Gasteiger partial charge in [0.15, 0.2) is 0 Å². The van der Waals surface area contributed by atoms with Crippen LogP contribution in [0.15, 0.2) is 36.0 Å². The molecule has 2 heterocycles. The summed E-state index contributed by atoms with van der Waals surface area (Å²) in [6, 6.07) is 8.24. The molecule has 2 nitrogen and oxygen atoms in total. The van der Waals surface area contributed by atoms with E-state index in [1.54, 1.807) is 11.3 Å². The van der Waals surface area contributed by atoms with Crippen molar-refractivity contribution in [1.82, 2.24) is 10.3 Å². The smallest absolute Gasteiger partial charge is 0.0794 e. The normalized spacial score (nSPS) is 17.7. The minimum absolute atomic E-state index is 0.233. The van der Waals surface area contributed by atoms with Gasteiger partial charge in [-0.05, 0) is 24.1 Å². The van der Waals surface area contributed by atoms with Crippen molar-refractivity contribution in [3.63, 3.8) is 0 Å². The average molecular weight is 265 g/mol. The zero-order valence-corrected chi connectivity index (χ0v) is 10.9. The minimum Gasteiger partial charge on any atom is -0.315 e. The summed E-state index contributed by atoms with van der Waals surface area (Å²) < 4.78 is 0. The SMILES string of the molecule is Clc1ccc(C2(Cc3cncs3)CNC2)cc1. The third-order valence-electron chi connectivity index (χ3n) is 3.38. The molecule has 1 aliphatic heterocycles. The lowest BCUT2D eigenvalue weighted by Gasteiger charge is -2.43. The fraction of sp³-hybridized carbons (Fsp3) is 0.308. The van der Waals surface area contributed by atoms with Crippen molar-refractivity contribution in [2.75, 3.05) is 13.1 Å². The fourth-order valence-electron chi connectivity index (χ4n) is 2.32. The molecule has 0 unspecified atom stereocenters. The Morgan fingerprint density at radius 1 is 1.29 bits per heavy atom. The molecule has 1 aromatic carbocycles. The molecular weight excluding hydrogens is 252 g/mol. The van der Waals surface area contributed by atoms with E-state index in [4.69, 9.17) is 11.6 Å². The van der Waals surface area contributed by atoms with Gasteiger partial charge in [-0.25, -0.2) is 0 Å². The highest BCUT2D eigenvalue weighted by Gasteiger charge is 2.38. The Hall–Kier alpha value is -0.900. The van der Waals surface area contributed by atoms with Crippen molar-refractivity contribution in [1.29, 1.82) is 0 Å². The van der Waals surface area contributed by atoms with Gasteiger partial charge < -0.3 is 5.32 Å². The van der Waals surface area contributed by atoms with E-state index in [1.165, 1.54) is 10.4 Å². The molecule has 0 saturated carbocycles. The molecule has 1 saturated heterocycles. The molecule has 1 N–H and O–H groups in total. The topological polar surface area (TPSA) is 24.9 Å². The maximum atomic E-state index is 5.94. The molecule has 1 aliphatic rings. The standard InChI is InChI=1S/C13H13ClN2S/c14-11-3-1-10(2-4-11)13(7-16-8-13)5-12-6-15-9-17-12/h1-4,6,9,16H,5,7-8H2. The first-order valence-corrected chi connectivity index (χ1v) is 6.88. The van der Waals surface area contributed by atoms with Gasteiger partial charge in [-0.2, -0.15) is 0 Å². The lowest BCUT2D eigenvalue weighted by molar-refractivity contribution is 0.276. The molecule has 0 amide bonds. The molecule has 0 aliphatic carbocycles. The second kappa shape index (κ2) is 4.41. The minimum atomic E-state index is 0.233. The van der Waals surface area contributed by atoms with E-state index in [1.807, 2.05) is 23.8 Å². The number of hydrogen-bond donors (Lipinski definition) is 1. The Morgan fingerprint density at radius 3 is 2.59 bits per heavy atom. The van der Waals surface area contributed by atoms with Crippen LogP contribution in [0.5, 0.6) is 0 Å². The number of benzene rings is 1. The first kappa shape index (κ1) is 11.2. The van der Waals surface area contributed by atoms with Crippen molar-refractivity contribution in [2.24, 2.45) is 0 Å². The van der Waals surface area contributed by atoms with E-state index in [-0.39, 0.29) is 5.41 Å². The van der Waals surface area contributed by atoms with Gasteiger partial charge in [-0.15, -0.1) is 11.3 Å². The first-order valence-electron chi connectivity index (χ1n) is 5.63. The van der Waals surface area contributed by atoms with Crippen LogP contribution >= 0.6 is 22.9 Å². The summed E-state index contributed by atoms with van der Waals surface area (Å²) in [7, 11) is 0. The van der Waals surface area contributed by atoms with Gasteiger partial charge in [0.2, 0.25) is 0 Å². The second-order valence-electron chi connectivity index (χ2n) is 4.54. The van der Waals surface area contributed by atoms with Crippen molar-refractivity contribution in [3.05, 3.63) is 51.4 Å². The predicted octanol–water partition coefficient (Wildman–Crippen LogP) is 2.88. The van der Waals surface area contributed by atoms with Crippen LogP contribution < -0.4 is 5.32 Å². The zero-order chi connectivity index (χ0) is 11.7. The zero-order valence-electron chi connectivity index (χ0n) is 9.32. The van der Waals surface area contributed by atoms with Crippen LogP contribution in [-0.4, -0.2) is 18.1 Å². The molecule has 4 heteroatoms. The molecule has 0 radical (unpaired) electrons. The van der Waals surface area contributed by atoms with E-state index in [9.17, 15) is 0 Å². The first-order chi connectivity index (χ1) is 8.28. The molecular formula is C13H13ClN2S. The number of thiazole rings is 1. The molecule has 0 bridgehead atoms. The van der Waals surface area contributed by atoms with Gasteiger partial charge in [-0.3, -0.25) is 4.98 Å². The van der Waals surface area contributed by atoms with Gasteiger partial charge >= 0.3 is 0 Å². The highest BCUT2D eigenvalue weighted by Crippen LogP contribution is 2.33. The Kier molecular flexibility index (Phi) is 2.90. The molecule has 1 aromatic heterocycles. The lowest BCUT2D eigenvalue weighted by Crippen LogP contribution is -2.58. The van der Waals surface area contributed by atoms with Crippen molar-refractivity contribution >= 4 is 22.9 Å². The van der Waals surface area contributed by atoms with E-state index in [0.29, 0.717) is 0 Å². The number of nitrogens with one attached hydrogen (secondary N) is 1. The molecule has 0 spiro atoms. The summed E-state index contributed by atoms with van der Waals surface area (Å²) in [5, 5.41) is 4.18. The summed E-state index contributed by atoms with van der Waals surface area (Å²) in [6.45, 7) is 2.07.